The van der Waals surface area contributed by atoms with E-state index in [1.165, 1.54) is 19.4 Å². The molecule has 4 nitrogen and oxygen atoms in total. The molecule has 13 heavy (non-hydrogen) atoms. The van der Waals surface area contributed by atoms with Crippen LogP contribution in [0.5, 0.6) is 0 Å². The lowest BCUT2D eigenvalue weighted by Gasteiger charge is -2.30. The van der Waals surface area contributed by atoms with E-state index in [0.717, 1.165) is 12.2 Å². The van der Waals surface area contributed by atoms with Crippen molar-refractivity contribution >= 4 is 5.69 Å². The van der Waals surface area contributed by atoms with E-state index in [-0.39, 0.29) is 0 Å². The smallest absolute Gasteiger partial charge is 0.0726 e. The molecule has 1 aromatic rings. The molecule has 2 rings (SSSR count). The Kier molecular flexibility index (Phi) is 2.49. The first-order valence-corrected chi connectivity index (χ1v) is 4.78. The van der Waals surface area contributed by atoms with E-state index in [2.05, 4.69) is 27.5 Å². The summed E-state index contributed by atoms with van der Waals surface area (Å²) in [7, 11) is 2.17. The molecule has 72 valence electrons. The zero-order valence-electron chi connectivity index (χ0n) is 7.95. The molecule has 2 N–H and O–H groups in total. The summed E-state index contributed by atoms with van der Waals surface area (Å²) < 4.78 is 0. The molecule has 1 aliphatic heterocycles. The fraction of sp³-hybridized carbons (Fsp3) is 0.667. The molecule has 0 aliphatic carbocycles. The third-order valence-corrected chi connectivity index (χ3v) is 2.49. The van der Waals surface area contributed by atoms with Gasteiger partial charge in [-0.1, -0.05) is 0 Å². The molecular weight excluding hydrogens is 164 g/mol. The molecule has 0 radical (unpaired) electrons. The first kappa shape index (κ1) is 8.56. The first-order chi connectivity index (χ1) is 6.34. The molecule has 0 amide bonds. The predicted octanol–water partition coefficient (Wildman–Crippen LogP) is 0.916. The monoisotopic (exact) mass is 180 g/mol. The van der Waals surface area contributed by atoms with Crippen molar-refractivity contribution in [3.05, 3.63) is 12.4 Å². The molecular formula is C9H16N4. The zero-order chi connectivity index (χ0) is 9.10. The largest absolute Gasteiger partial charge is 0.378 e. The molecule has 1 unspecified atom stereocenters. The number of anilines is 1. The maximum atomic E-state index is 3.91. The third-order valence-electron chi connectivity index (χ3n) is 2.49. The maximum absolute atomic E-state index is 3.91. The summed E-state index contributed by atoms with van der Waals surface area (Å²) in [6.45, 7) is 2.36. The average Bonchev–Trinajstić information content (AvgIpc) is 2.57. The molecule has 4 heteroatoms. The molecule has 0 spiro atoms. The minimum atomic E-state index is 0.580. The highest BCUT2D eigenvalue weighted by Gasteiger charge is 2.16. The van der Waals surface area contributed by atoms with Crippen LogP contribution in [0.25, 0.3) is 0 Å². The summed E-state index contributed by atoms with van der Waals surface area (Å²) in [5.74, 6) is 0. The Morgan fingerprint density at radius 3 is 3.31 bits per heavy atom. The number of H-pyrrole nitrogens is 1. The lowest BCUT2D eigenvalue weighted by Crippen LogP contribution is -2.39. The number of nitrogens with zero attached hydrogens (tertiary/aromatic N) is 2. The van der Waals surface area contributed by atoms with Crippen molar-refractivity contribution in [3.63, 3.8) is 0 Å². The minimum Gasteiger partial charge on any atom is -0.378 e. The van der Waals surface area contributed by atoms with E-state index in [0.29, 0.717) is 6.04 Å². The lowest BCUT2D eigenvalue weighted by atomic mass is 10.1. The maximum Gasteiger partial charge on any atom is 0.0726 e. The highest BCUT2D eigenvalue weighted by molar-refractivity contribution is 5.38. The van der Waals surface area contributed by atoms with Gasteiger partial charge in [0.15, 0.2) is 0 Å². The van der Waals surface area contributed by atoms with Gasteiger partial charge in [-0.15, -0.1) is 0 Å². The van der Waals surface area contributed by atoms with Crippen LogP contribution in [0.1, 0.15) is 12.8 Å². The van der Waals surface area contributed by atoms with Crippen LogP contribution in [0.2, 0.25) is 0 Å². The second-order valence-electron chi connectivity index (χ2n) is 3.73. The van der Waals surface area contributed by atoms with Crippen LogP contribution in [0, 0.1) is 0 Å². The van der Waals surface area contributed by atoms with Crippen molar-refractivity contribution in [1.82, 2.24) is 15.1 Å². The van der Waals surface area contributed by atoms with Gasteiger partial charge in [0, 0.05) is 18.8 Å². The molecule has 1 aromatic heterocycles. The Morgan fingerprint density at radius 1 is 1.69 bits per heavy atom. The van der Waals surface area contributed by atoms with Gasteiger partial charge in [0.1, 0.15) is 0 Å². The molecule has 1 fully saturated rings. The van der Waals surface area contributed by atoms with E-state index in [4.69, 9.17) is 0 Å². The van der Waals surface area contributed by atoms with Crippen molar-refractivity contribution in [2.75, 3.05) is 25.5 Å². The Bertz CT molecular complexity index is 244. The van der Waals surface area contributed by atoms with Crippen molar-refractivity contribution in [1.29, 1.82) is 0 Å². The summed E-state index contributed by atoms with van der Waals surface area (Å²) in [6, 6.07) is 0.580. The Labute approximate surface area is 78.3 Å². The summed E-state index contributed by atoms with van der Waals surface area (Å²) in [4.78, 5) is 2.36. The fourth-order valence-corrected chi connectivity index (χ4v) is 1.85. The van der Waals surface area contributed by atoms with Gasteiger partial charge < -0.3 is 10.2 Å². The highest BCUT2D eigenvalue weighted by Crippen LogP contribution is 2.13. The predicted molar refractivity (Wildman–Crippen MR) is 52.7 cm³/mol. The van der Waals surface area contributed by atoms with E-state index in [9.17, 15) is 0 Å². The Hall–Kier alpha value is -1.03. The molecule has 0 bridgehead atoms. The highest BCUT2D eigenvalue weighted by atomic mass is 15.2. The van der Waals surface area contributed by atoms with Gasteiger partial charge in [-0.3, -0.25) is 5.10 Å². The van der Waals surface area contributed by atoms with E-state index in [1.54, 1.807) is 0 Å². The number of likely N-dealkylation sites (N-methyl/N-ethyl adjacent to an activating group) is 1. The number of likely N-dealkylation sites (tertiary alicyclic amines) is 1. The number of aromatic nitrogens is 2. The number of aromatic amines is 1. The van der Waals surface area contributed by atoms with Crippen LogP contribution in [-0.4, -0.2) is 41.3 Å². The molecule has 1 atom stereocenters. The van der Waals surface area contributed by atoms with Gasteiger partial charge >= 0.3 is 0 Å². The van der Waals surface area contributed by atoms with Crippen LogP contribution < -0.4 is 5.32 Å². The average molecular weight is 180 g/mol. The van der Waals surface area contributed by atoms with Gasteiger partial charge in [0.25, 0.3) is 0 Å². The van der Waals surface area contributed by atoms with Gasteiger partial charge in [0.05, 0.1) is 11.9 Å². The van der Waals surface area contributed by atoms with Crippen LogP contribution in [0.4, 0.5) is 5.69 Å². The fourth-order valence-electron chi connectivity index (χ4n) is 1.85. The van der Waals surface area contributed by atoms with Crippen LogP contribution in [0.3, 0.4) is 0 Å². The third kappa shape index (κ3) is 2.21. The van der Waals surface area contributed by atoms with E-state index in [1.807, 2.05) is 12.4 Å². The first-order valence-electron chi connectivity index (χ1n) is 4.78. The minimum absolute atomic E-state index is 0.580. The van der Waals surface area contributed by atoms with E-state index >= 15 is 0 Å². The standard InChI is InChI=1S/C9H16N4/c1-13-4-2-3-8(7-13)12-9-5-10-11-6-9/h5-6,8,12H,2-4,7H2,1H3,(H,10,11). The lowest BCUT2D eigenvalue weighted by molar-refractivity contribution is 0.261. The van der Waals surface area contributed by atoms with Crippen molar-refractivity contribution in [3.8, 4) is 0 Å². The number of piperidine rings is 1. The van der Waals surface area contributed by atoms with Gasteiger partial charge in [-0.05, 0) is 26.4 Å². The molecule has 0 aromatic carbocycles. The quantitative estimate of drug-likeness (QED) is 0.711. The summed E-state index contributed by atoms with van der Waals surface area (Å²) in [6.07, 6.45) is 6.27. The summed E-state index contributed by atoms with van der Waals surface area (Å²) >= 11 is 0. The topological polar surface area (TPSA) is 44.0 Å². The van der Waals surface area contributed by atoms with Gasteiger partial charge in [-0.2, -0.15) is 5.10 Å². The number of rotatable bonds is 2. The molecule has 0 saturated carbocycles. The SMILES string of the molecule is CN1CCCC(Nc2cn[nH]c2)C1. The number of hydrogen-bond acceptors (Lipinski definition) is 3. The van der Waals surface area contributed by atoms with Crippen molar-refractivity contribution in [2.45, 2.75) is 18.9 Å². The number of hydrogen-bond donors (Lipinski definition) is 2. The molecule has 1 aliphatic rings. The van der Waals surface area contributed by atoms with Crippen LogP contribution >= 0.6 is 0 Å². The second kappa shape index (κ2) is 3.79. The van der Waals surface area contributed by atoms with E-state index < -0.39 is 0 Å². The normalized spacial score (nSPS) is 24.5. The van der Waals surface area contributed by atoms with Crippen LogP contribution in [0.15, 0.2) is 12.4 Å². The van der Waals surface area contributed by atoms with Crippen molar-refractivity contribution in [2.24, 2.45) is 0 Å². The Morgan fingerprint density at radius 2 is 2.62 bits per heavy atom. The van der Waals surface area contributed by atoms with Crippen molar-refractivity contribution < 1.29 is 0 Å². The second-order valence-corrected chi connectivity index (χ2v) is 3.73. The van der Waals surface area contributed by atoms with Crippen LogP contribution in [-0.2, 0) is 0 Å². The van der Waals surface area contributed by atoms with Gasteiger partial charge in [0.2, 0.25) is 0 Å². The molecule has 1 saturated heterocycles. The summed E-state index contributed by atoms with van der Waals surface area (Å²) in [5, 5.41) is 10.2. The summed E-state index contributed by atoms with van der Waals surface area (Å²) in [5.41, 5.74) is 1.10. The number of nitrogens with one attached hydrogen (secondary N) is 2. The zero-order valence-corrected chi connectivity index (χ0v) is 7.95. The Balaban J connectivity index is 1.87. The molecule has 2 heterocycles. The van der Waals surface area contributed by atoms with Gasteiger partial charge in [-0.25, -0.2) is 0 Å².